The van der Waals surface area contributed by atoms with E-state index in [-0.39, 0.29) is 11.7 Å². The van der Waals surface area contributed by atoms with Crippen molar-refractivity contribution in [2.75, 3.05) is 20.2 Å². The van der Waals surface area contributed by atoms with Crippen molar-refractivity contribution in [2.45, 2.75) is 39.8 Å². The predicted octanol–water partition coefficient (Wildman–Crippen LogP) is 2.57. The molecule has 0 bridgehead atoms. The lowest BCUT2D eigenvalue weighted by molar-refractivity contribution is -0.130. The second kappa shape index (κ2) is 8.62. The van der Waals surface area contributed by atoms with Crippen LogP contribution in [-0.2, 0) is 11.3 Å². The summed E-state index contributed by atoms with van der Waals surface area (Å²) in [5.74, 6) is -0.170. The lowest BCUT2D eigenvalue weighted by atomic mass is 10.2. The topological polar surface area (TPSA) is 41.6 Å². The molecule has 118 valence electrons. The highest BCUT2D eigenvalue weighted by molar-refractivity contribution is 5.78. The third kappa shape index (κ3) is 5.34. The van der Waals surface area contributed by atoms with Crippen molar-refractivity contribution in [2.24, 2.45) is 0 Å². The van der Waals surface area contributed by atoms with E-state index in [4.69, 9.17) is 4.74 Å². The highest BCUT2D eigenvalue weighted by Crippen LogP contribution is 2.18. The van der Waals surface area contributed by atoms with Gasteiger partial charge in [-0.15, -0.1) is 0 Å². The minimum Gasteiger partial charge on any atom is -0.494 e. The van der Waals surface area contributed by atoms with Crippen LogP contribution in [0.1, 0.15) is 32.8 Å². The number of carbonyl (C=O) groups excluding carboxylic acids is 1. The summed E-state index contributed by atoms with van der Waals surface area (Å²) in [4.78, 5) is 13.9. The van der Waals surface area contributed by atoms with E-state index in [1.807, 2.05) is 13.8 Å². The number of hydrogen-bond acceptors (Lipinski definition) is 3. The Hall–Kier alpha value is -1.62. The quantitative estimate of drug-likeness (QED) is 0.801. The molecule has 0 fully saturated rings. The number of methoxy groups -OCH3 is 1. The minimum atomic E-state index is -0.406. The molecule has 1 N–H and O–H groups in total. The molecule has 0 aliphatic rings. The van der Waals surface area contributed by atoms with Gasteiger partial charge in [-0.05, 0) is 38.0 Å². The standard InChI is InChI=1S/C16H25FN2O2/c1-5-12(3)18-10-16(20)19(6-2)11-13-7-8-15(21-4)14(17)9-13/h7-9,12,18H,5-6,10-11H2,1-4H3. The largest absolute Gasteiger partial charge is 0.494 e. The van der Waals surface area contributed by atoms with Crippen molar-refractivity contribution in [1.29, 1.82) is 0 Å². The molecule has 0 spiro atoms. The molecule has 1 rings (SSSR count). The maximum Gasteiger partial charge on any atom is 0.236 e. The first-order chi connectivity index (χ1) is 10.0. The number of hydrogen-bond donors (Lipinski definition) is 1. The van der Waals surface area contributed by atoms with Crippen LogP contribution >= 0.6 is 0 Å². The molecule has 0 heterocycles. The Bertz CT molecular complexity index is 466. The highest BCUT2D eigenvalue weighted by Gasteiger charge is 2.14. The lowest BCUT2D eigenvalue weighted by Gasteiger charge is -2.22. The van der Waals surface area contributed by atoms with Gasteiger partial charge in [0.25, 0.3) is 0 Å². The number of ether oxygens (including phenoxy) is 1. The summed E-state index contributed by atoms with van der Waals surface area (Å²) in [6.45, 7) is 7.33. The highest BCUT2D eigenvalue weighted by atomic mass is 19.1. The van der Waals surface area contributed by atoms with Crippen LogP contribution in [0.3, 0.4) is 0 Å². The van der Waals surface area contributed by atoms with Crippen molar-refractivity contribution in [3.63, 3.8) is 0 Å². The third-order valence-electron chi connectivity index (χ3n) is 3.54. The number of nitrogens with zero attached hydrogens (tertiary/aromatic N) is 1. The average Bonchev–Trinajstić information content (AvgIpc) is 2.49. The van der Waals surface area contributed by atoms with E-state index in [2.05, 4.69) is 12.2 Å². The molecule has 0 saturated heterocycles. The van der Waals surface area contributed by atoms with Crippen LogP contribution in [-0.4, -0.2) is 37.0 Å². The summed E-state index contributed by atoms with van der Waals surface area (Å²) in [5.41, 5.74) is 0.757. The van der Waals surface area contributed by atoms with Gasteiger partial charge in [-0.1, -0.05) is 13.0 Å². The molecule has 0 aromatic heterocycles. The lowest BCUT2D eigenvalue weighted by Crippen LogP contribution is -2.40. The zero-order valence-corrected chi connectivity index (χ0v) is 13.3. The van der Waals surface area contributed by atoms with Gasteiger partial charge >= 0.3 is 0 Å². The Morgan fingerprint density at radius 1 is 1.43 bits per heavy atom. The molecule has 0 aliphatic carbocycles. The molecule has 1 aromatic carbocycles. The molecule has 1 amide bonds. The zero-order chi connectivity index (χ0) is 15.8. The van der Waals surface area contributed by atoms with Crippen LogP contribution in [0.5, 0.6) is 5.75 Å². The van der Waals surface area contributed by atoms with Gasteiger partial charge in [-0.25, -0.2) is 4.39 Å². The van der Waals surface area contributed by atoms with E-state index in [9.17, 15) is 9.18 Å². The summed E-state index contributed by atoms with van der Waals surface area (Å²) in [7, 11) is 1.43. The fourth-order valence-corrected chi connectivity index (χ4v) is 1.92. The van der Waals surface area contributed by atoms with Crippen molar-refractivity contribution in [3.05, 3.63) is 29.6 Å². The Morgan fingerprint density at radius 2 is 2.14 bits per heavy atom. The molecule has 0 radical (unpaired) electrons. The van der Waals surface area contributed by atoms with E-state index >= 15 is 0 Å². The van der Waals surface area contributed by atoms with E-state index in [1.165, 1.54) is 13.2 Å². The van der Waals surface area contributed by atoms with Crippen LogP contribution in [0, 0.1) is 5.82 Å². The van der Waals surface area contributed by atoms with Crippen molar-refractivity contribution in [1.82, 2.24) is 10.2 Å². The number of nitrogens with one attached hydrogen (secondary N) is 1. The predicted molar refractivity (Wildman–Crippen MR) is 81.8 cm³/mol. The van der Waals surface area contributed by atoms with Gasteiger partial charge in [0, 0.05) is 19.1 Å². The monoisotopic (exact) mass is 296 g/mol. The smallest absolute Gasteiger partial charge is 0.236 e. The van der Waals surface area contributed by atoms with Crippen molar-refractivity contribution in [3.8, 4) is 5.75 Å². The van der Waals surface area contributed by atoms with Crippen molar-refractivity contribution < 1.29 is 13.9 Å². The summed E-state index contributed by atoms with van der Waals surface area (Å²) < 4.78 is 18.6. The fourth-order valence-electron chi connectivity index (χ4n) is 1.92. The van der Waals surface area contributed by atoms with Gasteiger partial charge in [0.05, 0.1) is 13.7 Å². The number of benzene rings is 1. The first kappa shape index (κ1) is 17.4. The fraction of sp³-hybridized carbons (Fsp3) is 0.562. The minimum absolute atomic E-state index is 0.0222. The molecule has 21 heavy (non-hydrogen) atoms. The molecule has 0 saturated carbocycles. The summed E-state index contributed by atoms with van der Waals surface area (Å²) >= 11 is 0. The number of halogens is 1. The van der Waals surface area contributed by atoms with E-state index in [0.717, 1.165) is 12.0 Å². The number of amides is 1. The zero-order valence-electron chi connectivity index (χ0n) is 13.3. The molecular weight excluding hydrogens is 271 g/mol. The van der Waals surface area contributed by atoms with Crippen LogP contribution in [0.4, 0.5) is 4.39 Å². The molecule has 5 heteroatoms. The first-order valence-corrected chi connectivity index (χ1v) is 7.35. The van der Waals surface area contributed by atoms with Gasteiger partial charge in [-0.3, -0.25) is 4.79 Å². The van der Waals surface area contributed by atoms with Crippen LogP contribution in [0.15, 0.2) is 18.2 Å². The Morgan fingerprint density at radius 3 is 2.67 bits per heavy atom. The molecule has 1 unspecified atom stereocenters. The second-order valence-corrected chi connectivity index (χ2v) is 5.07. The average molecular weight is 296 g/mol. The number of carbonyl (C=O) groups is 1. The molecule has 1 atom stereocenters. The second-order valence-electron chi connectivity index (χ2n) is 5.07. The first-order valence-electron chi connectivity index (χ1n) is 7.35. The van der Waals surface area contributed by atoms with Crippen LogP contribution in [0.25, 0.3) is 0 Å². The molecule has 0 aliphatic heterocycles. The number of rotatable bonds is 8. The van der Waals surface area contributed by atoms with E-state index < -0.39 is 5.82 Å². The van der Waals surface area contributed by atoms with Crippen LogP contribution < -0.4 is 10.1 Å². The van der Waals surface area contributed by atoms with Gasteiger partial charge in [0.2, 0.25) is 5.91 Å². The SMILES string of the molecule is CCC(C)NCC(=O)N(CC)Cc1ccc(OC)c(F)c1. The normalized spacial score (nSPS) is 12.0. The van der Waals surface area contributed by atoms with Gasteiger partial charge in [0.15, 0.2) is 11.6 Å². The van der Waals surface area contributed by atoms with E-state index in [0.29, 0.717) is 25.7 Å². The molecular formula is C16H25FN2O2. The summed E-state index contributed by atoms with van der Waals surface area (Å²) in [5, 5.41) is 3.18. The van der Waals surface area contributed by atoms with Gasteiger partial charge in [-0.2, -0.15) is 0 Å². The maximum atomic E-state index is 13.7. The Balaban J connectivity index is 2.64. The van der Waals surface area contributed by atoms with Crippen molar-refractivity contribution >= 4 is 5.91 Å². The van der Waals surface area contributed by atoms with Gasteiger partial charge in [0.1, 0.15) is 0 Å². The maximum absolute atomic E-state index is 13.7. The summed E-state index contributed by atoms with van der Waals surface area (Å²) in [6.07, 6.45) is 0.975. The molecule has 4 nitrogen and oxygen atoms in total. The Kier molecular flexibility index (Phi) is 7.15. The molecule has 1 aromatic rings. The van der Waals surface area contributed by atoms with Crippen LogP contribution in [0.2, 0.25) is 0 Å². The Labute approximate surface area is 126 Å². The van der Waals surface area contributed by atoms with E-state index in [1.54, 1.807) is 17.0 Å². The summed E-state index contributed by atoms with van der Waals surface area (Å²) in [6, 6.07) is 5.09. The van der Waals surface area contributed by atoms with Gasteiger partial charge < -0.3 is 15.0 Å². The third-order valence-corrected chi connectivity index (χ3v) is 3.54. The number of likely N-dealkylation sites (N-methyl/N-ethyl adjacent to an activating group) is 1.